The summed E-state index contributed by atoms with van der Waals surface area (Å²) in [7, 11) is 0. The van der Waals surface area contributed by atoms with E-state index in [4.69, 9.17) is 20.4 Å². The van der Waals surface area contributed by atoms with Crippen molar-refractivity contribution in [2.45, 2.75) is 0 Å². The van der Waals surface area contributed by atoms with Crippen molar-refractivity contribution in [3.8, 4) is 51.3 Å². The molecule has 8 aromatic rings. The number of nitrogens with zero attached hydrogens (tertiary/aromatic N) is 6. The van der Waals surface area contributed by atoms with Gasteiger partial charge >= 0.3 is 0 Å². The summed E-state index contributed by atoms with van der Waals surface area (Å²) < 4.78 is 58.8. The first-order valence-electron chi connectivity index (χ1n) is 14.9. The minimum Gasteiger partial charge on any atom is -0.247 e. The molecular formula is C39H18F4N6. The lowest BCUT2D eigenvalue weighted by Crippen LogP contribution is -2.03. The van der Waals surface area contributed by atoms with E-state index in [9.17, 15) is 22.8 Å². The van der Waals surface area contributed by atoms with Gasteiger partial charge in [0.1, 0.15) is 22.7 Å². The lowest BCUT2D eigenvalue weighted by Gasteiger charge is -2.14. The van der Waals surface area contributed by atoms with Gasteiger partial charge in [0.15, 0.2) is 23.3 Å². The third kappa shape index (κ3) is 4.66. The van der Waals surface area contributed by atoms with E-state index in [1.165, 1.54) is 18.2 Å². The maximum absolute atomic E-state index is 14.9. The van der Waals surface area contributed by atoms with E-state index in [0.29, 0.717) is 38.8 Å². The van der Waals surface area contributed by atoms with Gasteiger partial charge in [-0.25, -0.2) is 22.5 Å². The summed E-state index contributed by atoms with van der Waals surface area (Å²) in [5.41, 5.74) is 3.35. The molecule has 0 saturated heterocycles. The molecule has 0 atom stereocenters. The van der Waals surface area contributed by atoms with Crippen LogP contribution in [-0.4, -0.2) is 20.0 Å². The van der Waals surface area contributed by atoms with E-state index in [-0.39, 0.29) is 5.56 Å². The highest BCUT2D eigenvalue weighted by Gasteiger charge is 2.27. The fourth-order valence-corrected chi connectivity index (χ4v) is 6.11. The first kappa shape index (κ1) is 29.5. The summed E-state index contributed by atoms with van der Waals surface area (Å²) in [5.74, 6) is -6.84. The predicted molar refractivity (Wildman–Crippen MR) is 177 cm³/mol. The van der Waals surface area contributed by atoms with Crippen molar-refractivity contribution in [3.05, 3.63) is 144 Å². The zero-order valence-electron chi connectivity index (χ0n) is 25.1. The average Bonchev–Trinajstić information content (AvgIpc) is 3.60. The van der Waals surface area contributed by atoms with Crippen molar-refractivity contribution in [1.29, 1.82) is 10.5 Å². The zero-order valence-corrected chi connectivity index (χ0v) is 25.1. The van der Waals surface area contributed by atoms with Crippen LogP contribution in [0, 0.1) is 45.9 Å². The summed E-state index contributed by atoms with van der Waals surface area (Å²) in [4.78, 5) is 6.56. The van der Waals surface area contributed by atoms with Crippen LogP contribution in [0.3, 0.4) is 0 Å². The fourth-order valence-electron chi connectivity index (χ4n) is 6.11. The molecule has 49 heavy (non-hydrogen) atoms. The van der Waals surface area contributed by atoms with Gasteiger partial charge in [-0.15, -0.1) is 10.2 Å². The van der Waals surface area contributed by atoms with E-state index in [1.807, 2.05) is 72.8 Å². The lowest BCUT2D eigenvalue weighted by molar-refractivity contribution is 0.454. The molecular weight excluding hydrogens is 628 g/mol. The minimum absolute atomic E-state index is 0.127. The average molecular weight is 647 g/mol. The number of hydrogen-bond acceptors (Lipinski definition) is 5. The predicted octanol–water partition coefficient (Wildman–Crippen LogP) is 9.42. The van der Waals surface area contributed by atoms with Gasteiger partial charge in [-0.05, 0) is 47.5 Å². The van der Waals surface area contributed by atoms with Gasteiger partial charge in [-0.3, -0.25) is 0 Å². The van der Waals surface area contributed by atoms with E-state index in [2.05, 4.69) is 6.07 Å². The smallest absolute Gasteiger partial charge is 0.180 e. The van der Waals surface area contributed by atoms with Crippen LogP contribution in [0.25, 0.3) is 71.9 Å². The second-order valence-electron chi connectivity index (χ2n) is 11.2. The molecule has 0 bridgehead atoms. The summed E-state index contributed by atoms with van der Waals surface area (Å²) in [6.07, 6.45) is 0. The van der Waals surface area contributed by atoms with Gasteiger partial charge < -0.3 is 0 Å². The number of halogens is 4. The van der Waals surface area contributed by atoms with Crippen LogP contribution in [-0.2, 0) is 0 Å². The van der Waals surface area contributed by atoms with Crippen LogP contribution in [0.2, 0.25) is 0 Å². The first-order chi connectivity index (χ1) is 23.9. The third-order valence-corrected chi connectivity index (χ3v) is 8.46. The molecule has 0 N–H and O–H groups in total. The van der Waals surface area contributed by atoms with Crippen molar-refractivity contribution in [2.24, 2.45) is 0 Å². The van der Waals surface area contributed by atoms with E-state index >= 15 is 0 Å². The SMILES string of the molecule is N#Cc1ccc(-c2cc3c(-c4ccc(-c5c(F)c(F)c(C#N)c(F)c5F)cc4)nc4ccccc4c3c3nn(-c4ccccc4)nc23)cc1. The topological polar surface area (TPSA) is 91.2 Å². The molecule has 6 aromatic carbocycles. The standard InChI is InChI=1S/C39H18F4N6/c40-33-29(20-45)34(41)36(43)31(35(33)42)23-14-16-24(17-15-23)37-28-18-27(22-12-10-21(19-44)11-13-22)38-39(32(28)26-8-4-5-9-30(26)46-37)48-49(47-38)25-6-2-1-3-7-25/h1-18H. The largest absolute Gasteiger partial charge is 0.247 e. The Bertz CT molecular complexity index is 2680. The summed E-state index contributed by atoms with van der Waals surface area (Å²) in [6, 6.07) is 35.2. The number of fused-ring (bicyclic) bond motifs is 5. The Labute approximate surface area is 275 Å². The number of rotatable bonds is 4. The highest BCUT2D eigenvalue weighted by molar-refractivity contribution is 6.23. The molecule has 0 saturated carbocycles. The Kier molecular flexibility index (Phi) is 6.86. The van der Waals surface area contributed by atoms with Crippen LogP contribution in [0.1, 0.15) is 11.1 Å². The van der Waals surface area contributed by atoms with Gasteiger partial charge in [0.25, 0.3) is 0 Å². The number of para-hydroxylation sites is 2. The lowest BCUT2D eigenvalue weighted by atomic mass is 9.93. The van der Waals surface area contributed by atoms with Gasteiger partial charge in [-0.2, -0.15) is 15.3 Å². The number of pyridine rings is 1. The Morgan fingerprint density at radius 2 is 1.18 bits per heavy atom. The molecule has 0 aliphatic rings. The van der Waals surface area contributed by atoms with Crippen molar-refractivity contribution >= 4 is 32.7 Å². The van der Waals surface area contributed by atoms with E-state index in [0.717, 1.165) is 27.6 Å². The number of nitriles is 2. The number of hydrogen-bond donors (Lipinski definition) is 0. The van der Waals surface area contributed by atoms with Crippen LogP contribution < -0.4 is 0 Å². The molecule has 6 nitrogen and oxygen atoms in total. The number of benzene rings is 6. The maximum Gasteiger partial charge on any atom is 0.180 e. The molecule has 0 aliphatic carbocycles. The van der Waals surface area contributed by atoms with Crippen molar-refractivity contribution in [1.82, 2.24) is 20.0 Å². The Balaban J connectivity index is 1.41. The van der Waals surface area contributed by atoms with Crippen LogP contribution in [0.15, 0.2) is 109 Å². The molecule has 0 aliphatic heterocycles. The summed E-state index contributed by atoms with van der Waals surface area (Å²) >= 11 is 0. The Hall–Kier alpha value is -6.91. The number of aromatic nitrogens is 4. The van der Waals surface area contributed by atoms with E-state index < -0.39 is 34.4 Å². The van der Waals surface area contributed by atoms with Crippen molar-refractivity contribution in [3.63, 3.8) is 0 Å². The molecule has 10 heteroatoms. The molecule has 2 aromatic heterocycles. The molecule has 2 heterocycles. The van der Waals surface area contributed by atoms with Crippen LogP contribution >= 0.6 is 0 Å². The molecule has 0 fully saturated rings. The Morgan fingerprint density at radius 1 is 0.571 bits per heavy atom. The fraction of sp³-hybridized carbons (Fsp3) is 0. The molecule has 0 radical (unpaired) electrons. The summed E-state index contributed by atoms with van der Waals surface area (Å²) in [6.45, 7) is 0. The van der Waals surface area contributed by atoms with Crippen molar-refractivity contribution in [2.75, 3.05) is 0 Å². The first-order valence-corrected chi connectivity index (χ1v) is 14.9. The molecule has 8 rings (SSSR count). The van der Waals surface area contributed by atoms with Gasteiger partial charge in [-0.1, -0.05) is 72.8 Å². The van der Waals surface area contributed by atoms with E-state index in [1.54, 1.807) is 29.1 Å². The quantitative estimate of drug-likeness (QED) is 0.108. The second-order valence-corrected chi connectivity index (χ2v) is 11.2. The minimum atomic E-state index is -1.76. The maximum atomic E-state index is 14.9. The van der Waals surface area contributed by atoms with Crippen LogP contribution in [0.5, 0.6) is 0 Å². The molecule has 0 unspecified atom stereocenters. The highest BCUT2D eigenvalue weighted by Crippen LogP contribution is 2.41. The molecule has 0 amide bonds. The van der Waals surface area contributed by atoms with Crippen molar-refractivity contribution < 1.29 is 17.6 Å². The monoisotopic (exact) mass is 646 g/mol. The second kappa shape index (κ2) is 11.4. The van der Waals surface area contributed by atoms with Gasteiger partial charge in [0.05, 0.1) is 34.1 Å². The summed E-state index contributed by atoms with van der Waals surface area (Å²) in [5, 5.41) is 30.6. The Morgan fingerprint density at radius 3 is 1.86 bits per heavy atom. The normalized spacial score (nSPS) is 11.2. The highest BCUT2D eigenvalue weighted by atomic mass is 19.2. The molecule has 232 valence electrons. The third-order valence-electron chi connectivity index (χ3n) is 8.46. The van der Waals surface area contributed by atoms with Crippen LogP contribution in [0.4, 0.5) is 17.6 Å². The van der Waals surface area contributed by atoms with Gasteiger partial charge in [0.2, 0.25) is 0 Å². The zero-order chi connectivity index (χ0) is 33.8. The molecule has 0 spiro atoms. The van der Waals surface area contributed by atoms with Gasteiger partial charge in [0, 0.05) is 27.3 Å².